The van der Waals surface area contributed by atoms with Crippen molar-refractivity contribution in [1.82, 2.24) is 19.8 Å². The van der Waals surface area contributed by atoms with E-state index in [0.717, 1.165) is 62.0 Å². The van der Waals surface area contributed by atoms with E-state index in [-0.39, 0.29) is 0 Å². The molecule has 2 atom stereocenters. The van der Waals surface area contributed by atoms with Gasteiger partial charge in [0.25, 0.3) is 0 Å². The van der Waals surface area contributed by atoms with Crippen LogP contribution in [0.25, 0.3) is 11.0 Å². The molecule has 2 aromatic rings. The van der Waals surface area contributed by atoms with Crippen LogP contribution >= 0.6 is 0 Å². The average Bonchev–Trinajstić information content (AvgIpc) is 2.75. The molecule has 160 valence electrons. The van der Waals surface area contributed by atoms with Gasteiger partial charge in [0, 0.05) is 56.6 Å². The van der Waals surface area contributed by atoms with Gasteiger partial charge in [0.2, 0.25) is 5.91 Å². The number of benzene rings is 1. The van der Waals surface area contributed by atoms with E-state index >= 15 is 0 Å². The number of aromatic nitrogens is 2. The minimum Gasteiger partial charge on any atom is -0.342 e. The molecule has 2 aliphatic rings. The number of piperidine rings is 2. The molecule has 2 saturated heterocycles. The summed E-state index contributed by atoms with van der Waals surface area (Å²) in [5, 5.41) is 0. The molecule has 0 saturated carbocycles. The van der Waals surface area contributed by atoms with E-state index in [9.17, 15) is 4.79 Å². The zero-order chi connectivity index (χ0) is 21.1. The van der Waals surface area contributed by atoms with Crippen molar-refractivity contribution in [2.24, 2.45) is 16.8 Å². The van der Waals surface area contributed by atoms with Gasteiger partial charge in [0.15, 0.2) is 0 Å². The van der Waals surface area contributed by atoms with E-state index in [1.165, 1.54) is 5.56 Å². The Morgan fingerprint density at radius 3 is 2.63 bits per heavy atom. The maximum atomic E-state index is 13.1. The summed E-state index contributed by atoms with van der Waals surface area (Å²) in [5.74, 6) is 1.63. The van der Waals surface area contributed by atoms with Gasteiger partial charge in [-0.15, -0.1) is 0 Å². The molecule has 0 spiro atoms. The highest BCUT2D eigenvalue weighted by Crippen LogP contribution is 2.34. The van der Waals surface area contributed by atoms with Gasteiger partial charge in [-0.05, 0) is 56.8 Å². The largest absolute Gasteiger partial charge is 0.342 e. The number of likely N-dealkylation sites (tertiary alicyclic amines) is 2. The summed E-state index contributed by atoms with van der Waals surface area (Å²) in [6.07, 6.45) is 9.37. The molecule has 0 N–H and O–H groups in total. The van der Waals surface area contributed by atoms with Crippen molar-refractivity contribution in [2.45, 2.75) is 38.5 Å². The van der Waals surface area contributed by atoms with Crippen molar-refractivity contribution in [2.75, 3.05) is 40.3 Å². The van der Waals surface area contributed by atoms with Crippen molar-refractivity contribution < 1.29 is 4.79 Å². The Kier molecular flexibility index (Phi) is 6.42. The highest BCUT2D eigenvalue weighted by Gasteiger charge is 2.31. The molecule has 1 amide bonds. The number of fused-ring (bicyclic) bond motifs is 1. The smallest absolute Gasteiger partial charge is 0.222 e. The molecular weight excluding hydrogens is 374 g/mol. The van der Waals surface area contributed by atoms with Gasteiger partial charge in [-0.1, -0.05) is 19.1 Å². The predicted octanol–water partition coefficient (Wildman–Crippen LogP) is 3.36. The second-order valence-corrected chi connectivity index (χ2v) is 9.17. The second kappa shape index (κ2) is 9.21. The van der Waals surface area contributed by atoms with Crippen molar-refractivity contribution in [1.29, 1.82) is 0 Å². The lowest BCUT2D eigenvalue weighted by Crippen LogP contribution is -2.43. The number of carbonyl (C=O) groups is 1. The fraction of sp³-hybridized carbons (Fsp3) is 0.583. The van der Waals surface area contributed by atoms with Crippen molar-refractivity contribution >= 4 is 23.2 Å². The highest BCUT2D eigenvalue weighted by molar-refractivity contribution is 5.97. The standard InChI is InChI=1S/C24H33N5O/c1-17-12-20(16-29(15-17)22(30)13-18-6-10-28(3)11-7-18)21-5-4-19(14-25-2)23-24(21)27-9-8-26-23/h4-5,8-9,14,17-18,20H,6-7,10-13,15-16H2,1-3H3/b25-14+/t17-,20+/m0/s1. The van der Waals surface area contributed by atoms with E-state index in [1.807, 2.05) is 6.21 Å². The number of amides is 1. The summed E-state index contributed by atoms with van der Waals surface area (Å²) >= 11 is 0. The number of carbonyl (C=O) groups excluding carboxylic acids is 1. The molecule has 2 fully saturated rings. The third-order valence-electron chi connectivity index (χ3n) is 6.71. The summed E-state index contributed by atoms with van der Waals surface area (Å²) < 4.78 is 0. The van der Waals surface area contributed by atoms with Crippen LogP contribution in [0.2, 0.25) is 0 Å². The Hall–Kier alpha value is -2.34. The molecule has 30 heavy (non-hydrogen) atoms. The Labute approximate surface area is 179 Å². The first-order valence-electron chi connectivity index (χ1n) is 11.2. The van der Waals surface area contributed by atoms with E-state index in [1.54, 1.807) is 19.4 Å². The maximum Gasteiger partial charge on any atom is 0.222 e. The highest BCUT2D eigenvalue weighted by atomic mass is 16.2. The minimum atomic E-state index is 0.294. The maximum absolute atomic E-state index is 13.1. The molecule has 6 nitrogen and oxygen atoms in total. The van der Waals surface area contributed by atoms with Crippen LogP contribution in [0, 0.1) is 11.8 Å². The fourth-order valence-corrected chi connectivity index (χ4v) is 5.09. The Morgan fingerprint density at radius 2 is 1.90 bits per heavy atom. The number of nitrogens with zero attached hydrogens (tertiary/aromatic N) is 5. The molecule has 6 heteroatoms. The van der Waals surface area contributed by atoms with Gasteiger partial charge in [-0.25, -0.2) is 0 Å². The molecule has 0 aliphatic carbocycles. The molecule has 3 heterocycles. The molecular formula is C24H33N5O. The molecule has 1 aromatic carbocycles. The monoisotopic (exact) mass is 407 g/mol. The first kappa shape index (κ1) is 20.9. The van der Waals surface area contributed by atoms with E-state index < -0.39 is 0 Å². The van der Waals surface area contributed by atoms with Gasteiger partial charge < -0.3 is 9.80 Å². The Morgan fingerprint density at radius 1 is 1.17 bits per heavy atom. The third-order valence-corrected chi connectivity index (χ3v) is 6.71. The Balaban J connectivity index is 1.54. The van der Waals surface area contributed by atoms with E-state index in [0.29, 0.717) is 30.1 Å². The topological polar surface area (TPSA) is 61.7 Å². The van der Waals surface area contributed by atoms with Crippen molar-refractivity contribution in [3.8, 4) is 0 Å². The summed E-state index contributed by atoms with van der Waals surface area (Å²) in [6.45, 7) is 6.12. The minimum absolute atomic E-state index is 0.294. The average molecular weight is 408 g/mol. The predicted molar refractivity (Wildman–Crippen MR) is 121 cm³/mol. The van der Waals surface area contributed by atoms with Crippen LogP contribution in [-0.2, 0) is 4.79 Å². The van der Waals surface area contributed by atoms with Crippen LogP contribution in [0.1, 0.15) is 49.7 Å². The van der Waals surface area contributed by atoms with Crippen LogP contribution in [0.5, 0.6) is 0 Å². The van der Waals surface area contributed by atoms with Crippen LogP contribution < -0.4 is 0 Å². The number of rotatable bonds is 4. The van der Waals surface area contributed by atoms with E-state index in [2.05, 4.69) is 50.9 Å². The van der Waals surface area contributed by atoms with Gasteiger partial charge in [-0.3, -0.25) is 19.8 Å². The SMILES string of the molecule is C/N=C/c1ccc([C@@H]2C[C@H](C)CN(C(=O)CC3CCN(C)CC3)C2)c2nccnc12. The zero-order valence-corrected chi connectivity index (χ0v) is 18.4. The van der Waals surface area contributed by atoms with Gasteiger partial charge in [0.1, 0.15) is 0 Å². The lowest BCUT2D eigenvalue weighted by Gasteiger charge is -2.38. The van der Waals surface area contributed by atoms with Gasteiger partial charge in [-0.2, -0.15) is 0 Å². The first-order chi connectivity index (χ1) is 14.5. The molecule has 2 aliphatic heterocycles. The van der Waals surface area contributed by atoms with Crippen LogP contribution in [-0.4, -0.2) is 72.2 Å². The van der Waals surface area contributed by atoms with Gasteiger partial charge in [0.05, 0.1) is 11.0 Å². The number of hydrogen-bond donors (Lipinski definition) is 0. The van der Waals surface area contributed by atoms with Gasteiger partial charge >= 0.3 is 0 Å². The molecule has 1 aromatic heterocycles. The molecule has 0 unspecified atom stereocenters. The summed E-state index contributed by atoms with van der Waals surface area (Å²) in [6, 6.07) is 4.25. The third kappa shape index (κ3) is 4.53. The number of aliphatic imine (C=N–C) groups is 1. The molecule has 0 radical (unpaired) electrons. The quantitative estimate of drug-likeness (QED) is 0.729. The lowest BCUT2D eigenvalue weighted by atomic mass is 9.83. The summed E-state index contributed by atoms with van der Waals surface area (Å²) in [7, 11) is 3.94. The molecule has 4 rings (SSSR count). The second-order valence-electron chi connectivity index (χ2n) is 9.17. The first-order valence-corrected chi connectivity index (χ1v) is 11.2. The normalized spacial score (nSPS) is 24.0. The van der Waals surface area contributed by atoms with Crippen molar-refractivity contribution in [3.05, 3.63) is 35.7 Å². The summed E-state index contributed by atoms with van der Waals surface area (Å²) in [4.78, 5) is 31.0. The lowest BCUT2D eigenvalue weighted by molar-refractivity contribution is -0.134. The fourth-order valence-electron chi connectivity index (χ4n) is 5.09. The number of hydrogen-bond acceptors (Lipinski definition) is 5. The van der Waals surface area contributed by atoms with Crippen molar-refractivity contribution in [3.63, 3.8) is 0 Å². The zero-order valence-electron chi connectivity index (χ0n) is 18.4. The Bertz CT molecular complexity index is 919. The molecule has 0 bridgehead atoms. The van der Waals surface area contributed by atoms with Crippen LogP contribution in [0.4, 0.5) is 0 Å². The van der Waals surface area contributed by atoms with E-state index in [4.69, 9.17) is 0 Å². The summed E-state index contributed by atoms with van der Waals surface area (Å²) in [5.41, 5.74) is 4.03. The van der Waals surface area contributed by atoms with Crippen LogP contribution in [0.3, 0.4) is 0 Å². The van der Waals surface area contributed by atoms with Crippen LogP contribution in [0.15, 0.2) is 29.5 Å².